The van der Waals surface area contributed by atoms with E-state index in [0.29, 0.717) is 6.54 Å². The molecule has 102 valence electrons. The third-order valence-corrected chi connectivity index (χ3v) is 4.20. The summed E-state index contributed by atoms with van der Waals surface area (Å²) in [6, 6.07) is 12.5. The summed E-state index contributed by atoms with van der Waals surface area (Å²) in [7, 11) is 0. The molecule has 20 heavy (non-hydrogen) atoms. The quantitative estimate of drug-likeness (QED) is 0.748. The number of benzene rings is 2. The normalized spacial score (nSPS) is 10.9. The van der Waals surface area contributed by atoms with Crippen LogP contribution < -0.4 is 5.32 Å². The lowest BCUT2D eigenvalue weighted by Crippen LogP contribution is -2.02. The zero-order valence-corrected chi connectivity index (χ0v) is 13.0. The third-order valence-electron chi connectivity index (χ3n) is 3.51. The van der Waals surface area contributed by atoms with Crippen molar-refractivity contribution in [2.75, 3.05) is 5.32 Å². The van der Waals surface area contributed by atoms with Crippen molar-refractivity contribution in [1.82, 2.24) is 5.16 Å². The van der Waals surface area contributed by atoms with E-state index in [4.69, 9.17) is 4.52 Å². The van der Waals surface area contributed by atoms with Gasteiger partial charge >= 0.3 is 0 Å². The molecule has 1 heterocycles. The Morgan fingerprint density at radius 3 is 2.55 bits per heavy atom. The Balaban J connectivity index is 1.94. The van der Waals surface area contributed by atoms with Crippen LogP contribution in [0.1, 0.15) is 17.0 Å². The number of hydrogen-bond donors (Lipinski definition) is 1. The van der Waals surface area contributed by atoms with Crippen molar-refractivity contribution >= 4 is 32.4 Å². The van der Waals surface area contributed by atoms with E-state index in [2.05, 4.69) is 56.7 Å². The number of halogens is 1. The highest BCUT2D eigenvalue weighted by molar-refractivity contribution is 9.10. The molecule has 0 radical (unpaired) electrons. The van der Waals surface area contributed by atoms with Crippen LogP contribution in [0, 0.1) is 13.8 Å². The Kier molecular flexibility index (Phi) is 3.49. The van der Waals surface area contributed by atoms with Crippen LogP contribution >= 0.6 is 15.9 Å². The molecule has 3 nitrogen and oxygen atoms in total. The first-order valence-corrected chi connectivity index (χ1v) is 7.29. The van der Waals surface area contributed by atoms with Crippen molar-refractivity contribution in [2.45, 2.75) is 20.4 Å². The standard InChI is InChI=1S/C16H15BrN2O/c1-10-14(11(2)20-19-10)9-18-16-8-7-15(17)12-5-3-4-6-13(12)16/h3-8,18H,9H2,1-2H3. The van der Waals surface area contributed by atoms with Crippen molar-refractivity contribution in [3.63, 3.8) is 0 Å². The fraction of sp³-hybridized carbons (Fsp3) is 0.188. The van der Waals surface area contributed by atoms with Gasteiger partial charge in [-0.25, -0.2) is 0 Å². The molecular formula is C16H15BrN2O. The van der Waals surface area contributed by atoms with Gasteiger partial charge in [0.05, 0.1) is 5.69 Å². The summed E-state index contributed by atoms with van der Waals surface area (Å²) in [6.07, 6.45) is 0. The predicted molar refractivity (Wildman–Crippen MR) is 85.0 cm³/mol. The maximum Gasteiger partial charge on any atom is 0.138 e. The molecular weight excluding hydrogens is 316 g/mol. The summed E-state index contributed by atoms with van der Waals surface area (Å²) in [5.74, 6) is 0.872. The van der Waals surface area contributed by atoms with Gasteiger partial charge in [-0.2, -0.15) is 0 Å². The Morgan fingerprint density at radius 2 is 1.85 bits per heavy atom. The lowest BCUT2D eigenvalue weighted by Gasteiger charge is -2.10. The molecule has 0 unspecified atom stereocenters. The second-order valence-electron chi connectivity index (χ2n) is 4.80. The summed E-state index contributed by atoms with van der Waals surface area (Å²) in [5.41, 5.74) is 3.18. The van der Waals surface area contributed by atoms with Gasteiger partial charge in [-0.1, -0.05) is 45.4 Å². The average Bonchev–Trinajstić information content (AvgIpc) is 2.78. The molecule has 0 amide bonds. The molecule has 1 aromatic heterocycles. The minimum Gasteiger partial charge on any atom is -0.380 e. The largest absolute Gasteiger partial charge is 0.380 e. The monoisotopic (exact) mass is 330 g/mol. The van der Waals surface area contributed by atoms with Crippen LogP contribution in [0.15, 0.2) is 45.4 Å². The van der Waals surface area contributed by atoms with Crippen molar-refractivity contribution in [1.29, 1.82) is 0 Å². The molecule has 0 fully saturated rings. The third kappa shape index (κ3) is 2.31. The van der Waals surface area contributed by atoms with Gasteiger partial charge in [-0.3, -0.25) is 0 Å². The summed E-state index contributed by atoms with van der Waals surface area (Å²) in [5, 5.41) is 9.87. The fourth-order valence-electron chi connectivity index (χ4n) is 2.35. The zero-order valence-electron chi connectivity index (χ0n) is 11.4. The molecule has 2 aromatic carbocycles. The number of anilines is 1. The maximum atomic E-state index is 5.19. The summed E-state index contributed by atoms with van der Waals surface area (Å²) in [4.78, 5) is 0. The number of aryl methyl sites for hydroxylation is 2. The molecule has 0 saturated heterocycles. The van der Waals surface area contributed by atoms with Gasteiger partial charge in [0, 0.05) is 27.7 Å². The Morgan fingerprint density at radius 1 is 1.10 bits per heavy atom. The molecule has 1 N–H and O–H groups in total. The van der Waals surface area contributed by atoms with Crippen LogP contribution in [-0.4, -0.2) is 5.16 Å². The van der Waals surface area contributed by atoms with Gasteiger partial charge in [0.2, 0.25) is 0 Å². The Labute approximate surface area is 126 Å². The molecule has 3 rings (SSSR count). The van der Waals surface area contributed by atoms with Crippen LogP contribution in [-0.2, 0) is 6.54 Å². The highest BCUT2D eigenvalue weighted by Crippen LogP contribution is 2.30. The second kappa shape index (κ2) is 5.29. The Hall–Kier alpha value is -1.81. The average molecular weight is 331 g/mol. The van der Waals surface area contributed by atoms with Crippen LogP contribution in [0.5, 0.6) is 0 Å². The lowest BCUT2D eigenvalue weighted by atomic mass is 10.1. The van der Waals surface area contributed by atoms with Crippen molar-refractivity contribution in [2.24, 2.45) is 0 Å². The van der Waals surface area contributed by atoms with Crippen LogP contribution in [0.4, 0.5) is 5.69 Å². The summed E-state index contributed by atoms with van der Waals surface area (Å²) < 4.78 is 6.30. The number of aromatic nitrogens is 1. The summed E-state index contributed by atoms with van der Waals surface area (Å²) in [6.45, 7) is 4.62. The number of hydrogen-bond acceptors (Lipinski definition) is 3. The van der Waals surface area contributed by atoms with Gasteiger partial charge in [0.25, 0.3) is 0 Å². The molecule has 3 aromatic rings. The van der Waals surface area contributed by atoms with E-state index in [1.807, 2.05) is 19.9 Å². The minimum atomic E-state index is 0.715. The van der Waals surface area contributed by atoms with E-state index in [1.54, 1.807) is 0 Å². The number of nitrogens with zero attached hydrogens (tertiary/aromatic N) is 1. The maximum absolute atomic E-state index is 5.19. The SMILES string of the molecule is Cc1noc(C)c1CNc1ccc(Br)c2ccccc12. The van der Waals surface area contributed by atoms with Gasteiger partial charge in [-0.05, 0) is 31.4 Å². The molecule has 0 aliphatic heterocycles. The van der Waals surface area contributed by atoms with Crippen LogP contribution in [0.3, 0.4) is 0 Å². The topological polar surface area (TPSA) is 38.1 Å². The first kappa shape index (κ1) is 13.2. The van der Waals surface area contributed by atoms with Crippen LogP contribution in [0.2, 0.25) is 0 Å². The molecule has 0 saturated carbocycles. The second-order valence-corrected chi connectivity index (χ2v) is 5.65. The number of nitrogens with one attached hydrogen (secondary N) is 1. The number of fused-ring (bicyclic) bond motifs is 1. The zero-order chi connectivity index (χ0) is 14.1. The van der Waals surface area contributed by atoms with E-state index < -0.39 is 0 Å². The van der Waals surface area contributed by atoms with Gasteiger partial charge in [-0.15, -0.1) is 0 Å². The molecule has 0 bridgehead atoms. The lowest BCUT2D eigenvalue weighted by molar-refractivity contribution is 0.392. The first-order chi connectivity index (χ1) is 9.66. The summed E-state index contributed by atoms with van der Waals surface area (Å²) >= 11 is 3.59. The molecule has 4 heteroatoms. The highest BCUT2D eigenvalue weighted by atomic mass is 79.9. The van der Waals surface area contributed by atoms with Gasteiger partial charge in [0.1, 0.15) is 5.76 Å². The van der Waals surface area contributed by atoms with Crippen molar-refractivity contribution < 1.29 is 4.52 Å². The molecule has 0 spiro atoms. The van der Waals surface area contributed by atoms with E-state index >= 15 is 0 Å². The van der Waals surface area contributed by atoms with E-state index in [1.165, 1.54) is 10.8 Å². The van der Waals surface area contributed by atoms with E-state index in [0.717, 1.165) is 27.2 Å². The van der Waals surface area contributed by atoms with Gasteiger partial charge in [0.15, 0.2) is 0 Å². The van der Waals surface area contributed by atoms with Crippen molar-refractivity contribution in [3.05, 3.63) is 57.9 Å². The molecule has 0 aliphatic carbocycles. The minimum absolute atomic E-state index is 0.715. The molecule has 0 atom stereocenters. The molecule has 0 aliphatic rings. The fourth-order valence-corrected chi connectivity index (χ4v) is 2.83. The van der Waals surface area contributed by atoms with E-state index in [-0.39, 0.29) is 0 Å². The highest BCUT2D eigenvalue weighted by Gasteiger charge is 2.09. The Bertz CT molecular complexity index is 745. The van der Waals surface area contributed by atoms with Gasteiger partial charge < -0.3 is 9.84 Å². The van der Waals surface area contributed by atoms with Crippen molar-refractivity contribution in [3.8, 4) is 0 Å². The smallest absolute Gasteiger partial charge is 0.138 e. The predicted octanol–water partition coefficient (Wildman–Crippen LogP) is 4.82. The van der Waals surface area contributed by atoms with E-state index in [9.17, 15) is 0 Å². The number of rotatable bonds is 3. The van der Waals surface area contributed by atoms with Crippen LogP contribution in [0.25, 0.3) is 10.8 Å². The first-order valence-electron chi connectivity index (χ1n) is 6.49.